The number of benzene rings is 1. The Hall–Kier alpha value is -1.20. The van der Waals surface area contributed by atoms with Gasteiger partial charge in [-0.05, 0) is 36.3 Å². The Morgan fingerprint density at radius 3 is 3.10 bits per heavy atom. The standard InChI is InChI=1S/C15H23N3OS/c1-19-10-13-6-2-3-7-14(13)18-15(16)17-9-12-5-4-8-20-11-12/h2-3,6-7,12H,4-5,8-11H2,1H3,(H3,16,17,18). The zero-order valence-electron chi connectivity index (χ0n) is 12.0. The molecule has 1 saturated heterocycles. The summed E-state index contributed by atoms with van der Waals surface area (Å²) >= 11 is 2.02. The molecule has 0 aromatic heterocycles. The van der Waals surface area contributed by atoms with Crippen LogP contribution in [0.3, 0.4) is 0 Å². The Kier molecular flexibility index (Phi) is 6.21. The zero-order valence-corrected chi connectivity index (χ0v) is 12.8. The third kappa shape index (κ3) is 4.72. The number of hydrogen-bond acceptors (Lipinski definition) is 3. The Morgan fingerprint density at radius 1 is 1.50 bits per heavy atom. The normalized spacial score (nSPS) is 19.9. The summed E-state index contributed by atoms with van der Waals surface area (Å²) in [4.78, 5) is 4.47. The Labute approximate surface area is 125 Å². The summed E-state index contributed by atoms with van der Waals surface area (Å²) in [6.45, 7) is 1.38. The van der Waals surface area contributed by atoms with Gasteiger partial charge in [0.05, 0.1) is 6.61 Å². The van der Waals surface area contributed by atoms with Crippen LogP contribution in [0.1, 0.15) is 18.4 Å². The number of nitrogens with one attached hydrogen (secondary N) is 1. The van der Waals surface area contributed by atoms with Crippen molar-refractivity contribution >= 4 is 23.4 Å². The molecule has 1 heterocycles. The van der Waals surface area contributed by atoms with Gasteiger partial charge in [0, 0.05) is 24.9 Å². The van der Waals surface area contributed by atoms with Crippen molar-refractivity contribution in [2.45, 2.75) is 19.4 Å². The van der Waals surface area contributed by atoms with Gasteiger partial charge < -0.3 is 15.8 Å². The van der Waals surface area contributed by atoms with E-state index in [2.05, 4.69) is 10.3 Å². The average molecular weight is 293 g/mol. The lowest BCUT2D eigenvalue weighted by atomic mass is 10.1. The molecule has 0 radical (unpaired) electrons. The lowest BCUT2D eigenvalue weighted by molar-refractivity contribution is 0.185. The van der Waals surface area contributed by atoms with Crippen LogP contribution < -0.4 is 11.1 Å². The van der Waals surface area contributed by atoms with E-state index in [9.17, 15) is 0 Å². The summed E-state index contributed by atoms with van der Waals surface area (Å²) in [5.41, 5.74) is 8.03. The van der Waals surface area contributed by atoms with Gasteiger partial charge >= 0.3 is 0 Å². The highest BCUT2D eigenvalue weighted by Gasteiger charge is 2.13. The first-order valence-corrected chi connectivity index (χ1v) is 8.16. The molecule has 4 nitrogen and oxygen atoms in total. The number of aliphatic imine (C=N–C) groups is 1. The van der Waals surface area contributed by atoms with Crippen molar-refractivity contribution in [1.29, 1.82) is 0 Å². The molecular formula is C15H23N3OS. The smallest absolute Gasteiger partial charge is 0.193 e. The van der Waals surface area contributed by atoms with E-state index in [1.54, 1.807) is 7.11 Å². The molecule has 1 aliphatic rings. The van der Waals surface area contributed by atoms with Crippen LogP contribution >= 0.6 is 11.8 Å². The van der Waals surface area contributed by atoms with Crippen LogP contribution in [0.15, 0.2) is 29.3 Å². The van der Waals surface area contributed by atoms with Gasteiger partial charge in [0.25, 0.3) is 0 Å². The number of guanidine groups is 1. The van der Waals surface area contributed by atoms with Crippen molar-refractivity contribution in [3.63, 3.8) is 0 Å². The molecule has 20 heavy (non-hydrogen) atoms. The second-order valence-electron chi connectivity index (χ2n) is 5.02. The van der Waals surface area contributed by atoms with E-state index >= 15 is 0 Å². The molecular weight excluding hydrogens is 270 g/mol. The third-order valence-corrected chi connectivity index (χ3v) is 4.64. The van der Waals surface area contributed by atoms with Gasteiger partial charge in [0.1, 0.15) is 0 Å². The molecule has 0 aliphatic carbocycles. The number of nitrogens with two attached hydrogens (primary N) is 1. The molecule has 110 valence electrons. The maximum atomic E-state index is 5.98. The number of para-hydroxylation sites is 1. The number of ether oxygens (including phenoxy) is 1. The van der Waals surface area contributed by atoms with Gasteiger partial charge in [-0.1, -0.05) is 18.2 Å². The molecule has 2 rings (SSSR count). The summed E-state index contributed by atoms with van der Waals surface area (Å²) in [7, 11) is 1.69. The maximum Gasteiger partial charge on any atom is 0.193 e. The fourth-order valence-corrected chi connectivity index (χ4v) is 3.42. The number of rotatable bonds is 5. The fraction of sp³-hybridized carbons (Fsp3) is 0.533. The summed E-state index contributed by atoms with van der Waals surface area (Å²) in [6.07, 6.45) is 2.57. The van der Waals surface area contributed by atoms with Crippen LogP contribution in [-0.2, 0) is 11.3 Å². The maximum absolute atomic E-state index is 5.98. The Bertz CT molecular complexity index is 444. The minimum Gasteiger partial charge on any atom is -0.380 e. The molecule has 0 saturated carbocycles. The first-order chi connectivity index (χ1) is 9.79. The van der Waals surface area contributed by atoms with E-state index in [0.717, 1.165) is 17.8 Å². The highest BCUT2D eigenvalue weighted by atomic mass is 32.2. The minimum absolute atomic E-state index is 0.490. The average Bonchev–Trinajstić information content (AvgIpc) is 2.49. The van der Waals surface area contributed by atoms with E-state index < -0.39 is 0 Å². The quantitative estimate of drug-likeness (QED) is 0.647. The molecule has 3 N–H and O–H groups in total. The lowest BCUT2D eigenvalue weighted by Gasteiger charge is -2.19. The molecule has 1 aromatic rings. The minimum atomic E-state index is 0.490. The lowest BCUT2D eigenvalue weighted by Crippen LogP contribution is -2.25. The summed E-state index contributed by atoms with van der Waals surface area (Å²) < 4.78 is 5.18. The van der Waals surface area contributed by atoms with E-state index in [1.165, 1.54) is 24.3 Å². The van der Waals surface area contributed by atoms with E-state index in [0.29, 0.717) is 18.5 Å². The molecule has 5 heteroatoms. The predicted octanol–water partition coefficient (Wildman–Crippen LogP) is 2.70. The van der Waals surface area contributed by atoms with Crippen molar-refractivity contribution in [3.8, 4) is 0 Å². The monoisotopic (exact) mass is 293 g/mol. The molecule has 1 atom stereocenters. The highest BCUT2D eigenvalue weighted by Crippen LogP contribution is 2.22. The van der Waals surface area contributed by atoms with Crippen LogP contribution in [0.2, 0.25) is 0 Å². The fourth-order valence-electron chi connectivity index (χ4n) is 2.28. The van der Waals surface area contributed by atoms with Gasteiger partial charge in [-0.2, -0.15) is 11.8 Å². The van der Waals surface area contributed by atoms with Gasteiger partial charge in [0.2, 0.25) is 0 Å². The van der Waals surface area contributed by atoms with Gasteiger partial charge in [-0.15, -0.1) is 0 Å². The first-order valence-electron chi connectivity index (χ1n) is 7.01. The molecule has 1 aromatic carbocycles. The summed E-state index contributed by atoms with van der Waals surface area (Å²) in [5, 5.41) is 3.18. The molecule has 1 unspecified atom stereocenters. The number of hydrogen-bond donors (Lipinski definition) is 2. The van der Waals surface area contributed by atoms with Crippen LogP contribution in [-0.4, -0.2) is 31.1 Å². The number of methoxy groups -OCH3 is 1. The van der Waals surface area contributed by atoms with Crippen LogP contribution in [0.4, 0.5) is 5.69 Å². The Balaban J connectivity index is 1.91. The van der Waals surface area contributed by atoms with Crippen LogP contribution in [0.25, 0.3) is 0 Å². The molecule has 0 bridgehead atoms. The van der Waals surface area contributed by atoms with Gasteiger partial charge in [-0.25, -0.2) is 0 Å². The number of thioether (sulfide) groups is 1. The molecule has 0 amide bonds. The van der Waals surface area contributed by atoms with E-state index in [-0.39, 0.29) is 0 Å². The van der Waals surface area contributed by atoms with Crippen LogP contribution in [0, 0.1) is 5.92 Å². The van der Waals surface area contributed by atoms with E-state index in [1.807, 2.05) is 36.0 Å². The van der Waals surface area contributed by atoms with Crippen molar-refractivity contribution < 1.29 is 4.74 Å². The topological polar surface area (TPSA) is 59.6 Å². The number of anilines is 1. The van der Waals surface area contributed by atoms with Crippen molar-refractivity contribution in [2.75, 3.05) is 30.5 Å². The summed E-state index contributed by atoms with van der Waals surface area (Å²) in [6, 6.07) is 7.99. The SMILES string of the molecule is COCc1ccccc1NC(N)=NCC1CCCSC1. The highest BCUT2D eigenvalue weighted by molar-refractivity contribution is 7.99. The molecule has 0 spiro atoms. The van der Waals surface area contributed by atoms with Crippen molar-refractivity contribution in [3.05, 3.63) is 29.8 Å². The molecule has 1 fully saturated rings. The second-order valence-corrected chi connectivity index (χ2v) is 6.17. The van der Waals surface area contributed by atoms with Crippen molar-refractivity contribution in [1.82, 2.24) is 0 Å². The number of nitrogens with zero attached hydrogens (tertiary/aromatic N) is 1. The van der Waals surface area contributed by atoms with Gasteiger partial charge in [-0.3, -0.25) is 4.99 Å². The van der Waals surface area contributed by atoms with Gasteiger partial charge in [0.15, 0.2) is 5.96 Å². The predicted molar refractivity (Wildman–Crippen MR) is 87.3 cm³/mol. The largest absolute Gasteiger partial charge is 0.380 e. The third-order valence-electron chi connectivity index (χ3n) is 3.35. The zero-order chi connectivity index (χ0) is 14.2. The van der Waals surface area contributed by atoms with Crippen molar-refractivity contribution in [2.24, 2.45) is 16.6 Å². The Morgan fingerprint density at radius 2 is 2.35 bits per heavy atom. The molecule has 1 aliphatic heterocycles. The van der Waals surface area contributed by atoms with Crippen LogP contribution in [0.5, 0.6) is 0 Å². The summed E-state index contributed by atoms with van der Waals surface area (Å²) in [5.74, 6) is 3.66. The first kappa shape index (κ1) is 15.2. The second kappa shape index (κ2) is 8.17. The van der Waals surface area contributed by atoms with E-state index in [4.69, 9.17) is 10.5 Å².